The van der Waals surface area contributed by atoms with E-state index in [-0.39, 0.29) is 12.1 Å². The number of fused-ring (bicyclic) bond motifs is 3. The molecule has 0 fully saturated rings. The van der Waals surface area contributed by atoms with Gasteiger partial charge in [0.05, 0.1) is 6.04 Å². The van der Waals surface area contributed by atoms with Crippen LogP contribution in [0.4, 0.5) is 10.5 Å². The van der Waals surface area contributed by atoms with Gasteiger partial charge in [-0.1, -0.05) is 60.7 Å². The Morgan fingerprint density at radius 3 is 2.43 bits per heavy atom. The van der Waals surface area contributed by atoms with E-state index in [0.29, 0.717) is 0 Å². The maximum Gasteiger partial charge on any atom is 0.319 e. The van der Waals surface area contributed by atoms with Crippen LogP contribution in [0.3, 0.4) is 0 Å². The van der Waals surface area contributed by atoms with Crippen molar-refractivity contribution in [2.24, 2.45) is 0 Å². The normalized spacial score (nSPS) is 13.0. The van der Waals surface area contributed by atoms with Crippen LogP contribution >= 0.6 is 0 Å². The van der Waals surface area contributed by atoms with Crippen molar-refractivity contribution in [2.45, 2.75) is 12.5 Å². The molecule has 1 atom stereocenters. The number of rotatable bonds is 5. The summed E-state index contributed by atoms with van der Waals surface area (Å²) < 4.78 is 0. The minimum Gasteiger partial charge on any atom is -0.330 e. The number of benzene rings is 3. The molecular weight excluding hydrogens is 346 g/mol. The lowest BCUT2D eigenvalue weighted by Crippen LogP contribution is -2.37. The van der Waals surface area contributed by atoms with E-state index in [1.165, 1.54) is 22.3 Å². The molecule has 28 heavy (non-hydrogen) atoms. The average molecular weight is 371 g/mol. The molecule has 0 spiro atoms. The van der Waals surface area contributed by atoms with Crippen LogP contribution < -0.4 is 10.6 Å². The van der Waals surface area contributed by atoms with Crippen molar-refractivity contribution in [2.75, 3.05) is 26.0 Å². The van der Waals surface area contributed by atoms with E-state index in [2.05, 4.69) is 51.9 Å². The largest absolute Gasteiger partial charge is 0.330 e. The number of nitrogens with zero attached hydrogens (tertiary/aromatic N) is 1. The molecule has 0 aromatic heterocycles. The molecule has 1 unspecified atom stereocenters. The van der Waals surface area contributed by atoms with Crippen LogP contribution in [0.5, 0.6) is 0 Å². The highest BCUT2D eigenvalue weighted by Crippen LogP contribution is 2.37. The first-order chi connectivity index (χ1) is 13.6. The summed E-state index contributed by atoms with van der Waals surface area (Å²) in [4.78, 5) is 14.7. The van der Waals surface area contributed by atoms with E-state index in [4.69, 9.17) is 0 Å². The van der Waals surface area contributed by atoms with Crippen LogP contribution in [0.15, 0.2) is 72.8 Å². The molecule has 4 nitrogen and oxygen atoms in total. The number of anilines is 1. The molecule has 4 rings (SSSR count). The molecule has 0 saturated heterocycles. The third kappa shape index (κ3) is 3.92. The molecule has 0 heterocycles. The molecule has 2 N–H and O–H groups in total. The molecule has 0 saturated carbocycles. The standard InChI is InChI=1S/C24H25N3O/c1-27(2)16-23(17-8-4-3-5-9-17)26-24(28)25-20-12-13-22-19(15-20)14-18-10-6-7-11-21(18)22/h3-13,15,23H,14,16H2,1-2H3,(H2,25,26,28). The van der Waals surface area contributed by atoms with Gasteiger partial charge in [0.25, 0.3) is 0 Å². The van der Waals surface area contributed by atoms with E-state index in [9.17, 15) is 4.79 Å². The second-order valence-electron chi connectivity index (χ2n) is 7.53. The predicted molar refractivity (Wildman–Crippen MR) is 115 cm³/mol. The molecular formula is C24H25N3O. The van der Waals surface area contributed by atoms with Crippen LogP contribution in [0.25, 0.3) is 11.1 Å². The quantitative estimate of drug-likeness (QED) is 0.535. The van der Waals surface area contributed by atoms with Crippen molar-refractivity contribution in [3.05, 3.63) is 89.5 Å². The summed E-state index contributed by atoms with van der Waals surface area (Å²) in [5.74, 6) is 0. The third-order valence-corrected chi connectivity index (χ3v) is 5.11. The van der Waals surface area contributed by atoms with E-state index in [1.807, 2.05) is 50.5 Å². The summed E-state index contributed by atoms with van der Waals surface area (Å²) in [7, 11) is 4.02. The highest BCUT2D eigenvalue weighted by Gasteiger charge is 2.19. The van der Waals surface area contributed by atoms with E-state index in [1.54, 1.807) is 0 Å². The van der Waals surface area contributed by atoms with Gasteiger partial charge in [0, 0.05) is 12.2 Å². The first-order valence-electron chi connectivity index (χ1n) is 9.58. The highest BCUT2D eigenvalue weighted by molar-refractivity contribution is 5.90. The maximum absolute atomic E-state index is 12.7. The van der Waals surface area contributed by atoms with Gasteiger partial charge in [-0.05, 0) is 60.5 Å². The lowest BCUT2D eigenvalue weighted by molar-refractivity contribution is 0.244. The predicted octanol–water partition coefficient (Wildman–Crippen LogP) is 4.68. The Hall–Kier alpha value is -3.11. The summed E-state index contributed by atoms with van der Waals surface area (Å²) in [6.07, 6.45) is 0.913. The van der Waals surface area contributed by atoms with Gasteiger partial charge in [-0.3, -0.25) is 0 Å². The zero-order valence-corrected chi connectivity index (χ0v) is 16.3. The van der Waals surface area contributed by atoms with Crippen LogP contribution in [-0.2, 0) is 6.42 Å². The number of nitrogens with one attached hydrogen (secondary N) is 2. The highest BCUT2D eigenvalue weighted by atomic mass is 16.2. The Morgan fingerprint density at radius 2 is 1.64 bits per heavy atom. The average Bonchev–Trinajstić information content (AvgIpc) is 3.05. The van der Waals surface area contributed by atoms with Crippen molar-refractivity contribution in [1.29, 1.82) is 0 Å². The lowest BCUT2D eigenvalue weighted by Gasteiger charge is -2.23. The van der Waals surface area contributed by atoms with Gasteiger partial charge < -0.3 is 15.5 Å². The first kappa shape index (κ1) is 18.3. The molecule has 0 aliphatic heterocycles. The van der Waals surface area contributed by atoms with Crippen LogP contribution in [0.1, 0.15) is 22.7 Å². The number of urea groups is 1. The van der Waals surface area contributed by atoms with Crippen molar-refractivity contribution >= 4 is 11.7 Å². The van der Waals surface area contributed by atoms with Gasteiger partial charge in [-0.15, -0.1) is 0 Å². The molecule has 0 radical (unpaired) electrons. The van der Waals surface area contributed by atoms with E-state index in [0.717, 1.165) is 24.2 Å². The molecule has 3 aromatic rings. The Morgan fingerprint density at radius 1 is 0.929 bits per heavy atom. The van der Waals surface area contributed by atoms with Gasteiger partial charge in [-0.2, -0.15) is 0 Å². The Labute approximate surface area is 166 Å². The van der Waals surface area contributed by atoms with Gasteiger partial charge in [-0.25, -0.2) is 4.79 Å². The van der Waals surface area contributed by atoms with E-state index >= 15 is 0 Å². The first-order valence-corrected chi connectivity index (χ1v) is 9.58. The summed E-state index contributed by atoms with van der Waals surface area (Å²) in [5.41, 5.74) is 7.07. The topological polar surface area (TPSA) is 44.4 Å². The monoisotopic (exact) mass is 371 g/mol. The fourth-order valence-electron chi connectivity index (χ4n) is 3.83. The molecule has 3 aromatic carbocycles. The second kappa shape index (κ2) is 7.87. The van der Waals surface area contributed by atoms with Gasteiger partial charge in [0.15, 0.2) is 0 Å². The minimum atomic E-state index is -0.189. The molecule has 1 aliphatic rings. The molecule has 2 amide bonds. The molecule has 142 valence electrons. The smallest absolute Gasteiger partial charge is 0.319 e. The summed E-state index contributed by atoms with van der Waals surface area (Å²) in [6.45, 7) is 0.733. The number of carbonyl (C=O) groups excluding carboxylic acids is 1. The van der Waals surface area contributed by atoms with Crippen LogP contribution in [-0.4, -0.2) is 31.6 Å². The number of carbonyl (C=O) groups is 1. The number of hydrogen-bond donors (Lipinski definition) is 2. The lowest BCUT2D eigenvalue weighted by atomic mass is 10.1. The summed E-state index contributed by atoms with van der Waals surface area (Å²) in [5, 5.41) is 6.11. The second-order valence-corrected chi connectivity index (χ2v) is 7.53. The molecule has 1 aliphatic carbocycles. The fourth-order valence-corrected chi connectivity index (χ4v) is 3.83. The molecule has 0 bridgehead atoms. The Kier molecular flexibility index (Phi) is 5.13. The van der Waals surface area contributed by atoms with Crippen molar-refractivity contribution in [3.63, 3.8) is 0 Å². The van der Waals surface area contributed by atoms with Crippen molar-refractivity contribution < 1.29 is 4.79 Å². The Balaban J connectivity index is 1.47. The number of likely N-dealkylation sites (N-methyl/N-ethyl adjacent to an activating group) is 1. The Bertz CT molecular complexity index is 982. The van der Waals surface area contributed by atoms with Crippen LogP contribution in [0, 0.1) is 0 Å². The van der Waals surface area contributed by atoms with Gasteiger partial charge in [0.1, 0.15) is 0 Å². The number of amides is 2. The maximum atomic E-state index is 12.7. The molecule has 4 heteroatoms. The number of hydrogen-bond acceptors (Lipinski definition) is 2. The summed E-state index contributed by atoms with van der Waals surface area (Å²) >= 11 is 0. The zero-order valence-electron chi connectivity index (χ0n) is 16.3. The fraction of sp³-hybridized carbons (Fsp3) is 0.208. The van der Waals surface area contributed by atoms with Gasteiger partial charge in [0.2, 0.25) is 0 Å². The van der Waals surface area contributed by atoms with Crippen LogP contribution in [0.2, 0.25) is 0 Å². The SMILES string of the molecule is CN(C)CC(NC(=O)Nc1ccc2c(c1)Cc1ccccc1-2)c1ccccc1. The van der Waals surface area contributed by atoms with Gasteiger partial charge >= 0.3 is 6.03 Å². The van der Waals surface area contributed by atoms with Crippen molar-refractivity contribution in [3.8, 4) is 11.1 Å². The summed E-state index contributed by atoms with van der Waals surface area (Å²) in [6, 6.07) is 24.4. The zero-order chi connectivity index (χ0) is 19.5. The van der Waals surface area contributed by atoms with Crippen molar-refractivity contribution in [1.82, 2.24) is 10.2 Å². The minimum absolute atomic E-state index is 0.0742. The third-order valence-electron chi connectivity index (χ3n) is 5.11. The van der Waals surface area contributed by atoms with E-state index < -0.39 is 0 Å².